The molecule has 1 spiro atoms. The predicted molar refractivity (Wildman–Crippen MR) is 106 cm³/mol. The van der Waals surface area contributed by atoms with Crippen LogP contribution in [-0.2, 0) is 23.8 Å². The van der Waals surface area contributed by atoms with Gasteiger partial charge in [-0.1, -0.05) is 12.2 Å². The fourth-order valence-corrected chi connectivity index (χ4v) is 3.53. The highest BCUT2D eigenvalue weighted by molar-refractivity contribution is 5.94. The third-order valence-electron chi connectivity index (χ3n) is 4.67. The van der Waals surface area contributed by atoms with Crippen LogP contribution >= 0.6 is 0 Å². The van der Waals surface area contributed by atoms with Crippen LogP contribution in [0.3, 0.4) is 0 Å². The quantitative estimate of drug-likeness (QED) is 0.411. The van der Waals surface area contributed by atoms with E-state index < -0.39 is 17.9 Å². The van der Waals surface area contributed by atoms with Crippen LogP contribution in [0.5, 0.6) is 0 Å². The summed E-state index contributed by atoms with van der Waals surface area (Å²) in [6.07, 6.45) is 6.83. The van der Waals surface area contributed by atoms with Gasteiger partial charge in [0, 0.05) is 31.0 Å². The van der Waals surface area contributed by atoms with E-state index >= 15 is 0 Å². The molecular weight excluding hydrogens is 358 g/mol. The minimum absolute atomic E-state index is 0.0578. The monoisotopic (exact) mass is 389 g/mol. The van der Waals surface area contributed by atoms with Gasteiger partial charge in [0.1, 0.15) is 0 Å². The molecule has 1 saturated heterocycles. The standard InChI is InChI=1S/C22H31NO5/c1-16(2)23(17(3)4)20(24)10-8-18(5)28-21(25)11-9-19-7-6-12-22(15-19)26-13-14-27-22/h7,9,11,16-18H,6,12-15H2,1-5H3/t18-/m1/s1. The molecule has 0 saturated carbocycles. The van der Waals surface area contributed by atoms with Gasteiger partial charge in [0.15, 0.2) is 11.9 Å². The van der Waals surface area contributed by atoms with E-state index in [0.717, 1.165) is 18.4 Å². The third kappa shape index (κ3) is 6.22. The highest BCUT2D eigenvalue weighted by atomic mass is 16.7. The van der Waals surface area contributed by atoms with Crippen LogP contribution in [0, 0.1) is 11.8 Å². The molecule has 0 radical (unpaired) electrons. The van der Waals surface area contributed by atoms with Crippen molar-refractivity contribution in [1.82, 2.24) is 4.90 Å². The Balaban J connectivity index is 1.87. The Morgan fingerprint density at radius 3 is 2.43 bits per heavy atom. The van der Waals surface area contributed by atoms with E-state index in [-0.39, 0.29) is 18.0 Å². The molecule has 0 aromatic heterocycles. The van der Waals surface area contributed by atoms with Gasteiger partial charge < -0.3 is 19.1 Å². The molecule has 6 nitrogen and oxygen atoms in total. The second kappa shape index (κ2) is 9.90. The van der Waals surface area contributed by atoms with Crippen molar-refractivity contribution in [3.63, 3.8) is 0 Å². The Bertz CT molecular complexity index is 681. The first-order valence-corrected chi connectivity index (χ1v) is 9.92. The number of esters is 1. The molecule has 0 aromatic carbocycles. The highest BCUT2D eigenvalue weighted by Crippen LogP contribution is 2.36. The molecule has 0 aromatic rings. The van der Waals surface area contributed by atoms with Gasteiger partial charge in [0.2, 0.25) is 0 Å². The number of hydrogen-bond donors (Lipinski definition) is 0. The second-order valence-electron chi connectivity index (χ2n) is 7.68. The maximum absolute atomic E-state index is 12.2. The molecule has 1 fully saturated rings. The van der Waals surface area contributed by atoms with Crippen molar-refractivity contribution in [3.8, 4) is 11.8 Å². The van der Waals surface area contributed by atoms with E-state index in [9.17, 15) is 9.59 Å². The first kappa shape index (κ1) is 22.2. The molecule has 1 aliphatic carbocycles. The van der Waals surface area contributed by atoms with Crippen molar-refractivity contribution in [2.75, 3.05) is 13.2 Å². The molecular formula is C22H31NO5. The number of carbonyl (C=O) groups excluding carboxylic acids is 2. The molecule has 1 heterocycles. The molecule has 6 heteroatoms. The smallest absolute Gasteiger partial charge is 0.331 e. The lowest BCUT2D eigenvalue weighted by Gasteiger charge is -2.30. The van der Waals surface area contributed by atoms with Gasteiger partial charge in [0.25, 0.3) is 5.91 Å². The van der Waals surface area contributed by atoms with Crippen molar-refractivity contribution in [2.45, 2.75) is 77.9 Å². The van der Waals surface area contributed by atoms with Crippen molar-refractivity contribution in [3.05, 3.63) is 23.8 Å². The molecule has 2 aliphatic rings. The highest BCUT2D eigenvalue weighted by Gasteiger charge is 2.38. The normalized spacial score (nSPS) is 19.5. The molecule has 0 N–H and O–H groups in total. The molecule has 28 heavy (non-hydrogen) atoms. The Morgan fingerprint density at radius 1 is 1.18 bits per heavy atom. The maximum atomic E-state index is 12.2. The second-order valence-corrected chi connectivity index (χ2v) is 7.68. The van der Waals surface area contributed by atoms with Crippen LogP contribution in [0.2, 0.25) is 0 Å². The Hall–Kier alpha value is -2.10. The Kier molecular flexibility index (Phi) is 7.85. The number of allylic oxidation sites excluding steroid dienone is 2. The summed E-state index contributed by atoms with van der Waals surface area (Å²) in [6, 6.07) is 0.116. The van der Waals surface area contributed by atoms with E-state index in [1.165, 1.54) is 6.08 Å². The van der Waals surface area contributed by atoms with E-state index in [2.05, 4.69) is 17.9 Å². The lowest BCUT2D eigenvalue weighted by atomic mass is 9.93. The van der Waals surface area contributed by atoms with Gasteiger partial charge in [0.05, 0.1) is 13.2 Å². The summed E-state index contributed by atoms with van der Waals surface area (Å²) >= 11 is 0. The van der Waals surface area contributed by atoms with Gasteiger partial charge in [-0.3, -0.25) is 4.79 Å². The van der Waals surface area contributed by atoms with Crippen LogP contribution < -0.4 is 0 Å². The topological polar surface area (TPSA) is 65.1 Å². The molecule has 1 aliphatic heterocycles. The number of rotatable bonds is 5. The van der Waals surface area contributed by atoms with E-state index in [0.29, 0.717) is 19.6 Å². The summed E-state index contributed by atoms with van der Waals surface area (Å²) in [5, 5.41) is 0. The van der Waals surface area contributed by atoms with E-state index in [4.69, 9.17) is 14.2 Å². The minimum atomic E-state index is -0.671. The minimum Gasteiger partial charge on any atom is -0.446 e. The average molecular weight is 389 g/mol. The number of nitrogens with zero attached hydrogens (tertiary/aromatic N) is 1. The van der Waals surface area contributed by atoms with Crippen LogP contribution in [0.25, 0.3) is 0 Å². The average Bonchev–Trinajstić information content (AvgIpc) is 3.05. The van der Waals surface area contributed by atoms with E-state index in [1.807, 2.05) is 27.7 Å². The molecule has 154 valence electrons. The fourth-order valence-electron chi connectivity index (χ4n) is 3.53. The number of carbonyl (C=O) groups is 2. The summed E-state index contributed by atoms with van der Waals surface area (Å²) < 4.78 is 16.7. The van der Waals surface area contributed by atoms with Gasteiger partial charge >= 0.3 is 5.97 Å². The predicted octanol–water partition coefficient (Wildman–Crippen LogP) is 2.98. The fraction of sp³-hybridized carbons (Fsp3) is 0.636. The molecule has 0 bridgehead atoms. The van der Waals surface area contributed by atoms with Crippen LogP contribution in [0.4, 0.5) is 0 Å². The summed E-state index contributed by atoms with van der Waals surface area (Å²) in [6.45, 7) is 10.6. The lowest BCUT2D eigenvalue weighted by Crippen LogP contribution is -2.41. The maximum Gasteiger partial charge on any atom is 0.331 e. The van der Waals surface area contributed by atoms with Crippen molar-refractivity contribution in [1.29, 1.82) is 0 Å². The number of amides is 1. The number of hydrogen-bond acceptors (Lipinski definition) is 5. The van der Waals surface area contributed by atoms with Crippen molar-refractivity contribution >= 4 is 11.9 Å². The molecule has 2 rings (SSSR count). The van der Waals surface area contributed by atoms with Gasteiger partial charge in [-0.15, -0.1) is 0 Å². The zero-order valence-corrected chi connectivity index (χ0v) is 17.5. The van der Waals surface area contributed by atoms with Crippen LogP contribution in [-0.4, -0.2) is 54.0 Å². The van der Waals surface area contributed by atoms with Gasteiger partial charge in [-0.05, 0) is 58.5 Å². The van der Waals surface area contributed by atoms with Crippen LogP contribution in [0.1, 0.15) is 53.9 Å². The number of ether oxygens (including phenoxy) is 3. The summed E-state index contributed by atoms with van der Waals surface area (Å²) in [7, 11) is 0. The van der Waals surface area contributed by atoms with Crippen molar-refractivity contribution < 1.29 is 23.8 Å². The summed E-state index contributed by atoms with van der Waals surface area (Å²) in [4.78, 5) is 26.0. The molecule has 1 amide bonds. The van der Waals surface area contributed by atoms with Gasteiger partial charge in [-0.25, -0.2) is 4.79 Å². The van der Waals surface area contributed by atoms with E-state index in [1.54, 1.807) is 17.9 Å². The molecule has 1 atom stereocenters. The first-order chi connectivity index (χ1) is 13.2. The van der Waals surface area contributed by atoms with Crippen LogP contribution in [0.15, 0.2) is 23.8 Å². The first-order valence-electron chi connectivity index (χ1n) is 9.92. The SMILES string of the molecule is CC(C)N(C(=O)C#C[C@@H](C)OC(=O)C=CC1=CCCC2(C1)OCCO2)C(C)C. The summed E-state index contributed by atoms with van der Waals surface area (Å²) in [5.41, 5.74) is 0.989. The zero-order chi connectivity index (χ0) is 20.7. The van der Waals surface area contributed by atoms with Crippen molar-refractivity contribution in [2.24, 2.45) is 0 Å². The Labute approximate surface area is 167 Å². The van der Waals surface area contributed by atoms with Gasteiger partial charge in [-0.2, -0.15) is 0 Å². The Morgan fingerprint density at radius 2 is 1.82 bits per heavy atom. The lowest BCUT2D eigenvalue weighted by molar-refractivity contribution is -0.162. The largest absolute Gasteiger partial charge is 0.446 e. The third-order valence-corrected chi connectivity index (χ3v) is 4.67. The summed E-state index contributed by atoms with van der Waals surface area (Å²) in [5.74, 6) is 4.00. The zero-order valence-electron chi connectivity index (χ0n) is 17.5. The molecule has 0 unspecified atom stereocenters.